The fourth-order valence-corrected chi connectivity index (χ4v) is 9.78. The number of carboxylic acid groups (broad SMARTS) is 1. The monoisotopic (exact) mass is 841 g/mol. The molecule has 4 amide bonds. The third-order valence-corrected chi connectivity index (χ3v) is 14.4. The van der Waals surface area contributed by atoms with E-state index in [1.54, 1.807) is 60.1 Å². The first-order valence-corrected chi connectivity index (χ1v) is 21.9. The molecule has 3 fully saturated rings. The molecule has 59 heavy (non-hydrogen) atoms. The molecule has 3 N–H and O–H groups in total. The highest BCUT2D eigenvalue weighted by molar-refractivity contribution is 7.91. The maximum absolute atomic E-state index is 15.1. The van der Waals surface area contributed by atoms with Gasteiger partial charge in [0.05, 0.1) is 31.2 Å². The molecule has 4 aliphatic rings. The minimum Gasteiger partial charge on any atom is -0.497 e. The van der Waals surface area contributed by atoms with E-state index in [-0.39, 0.29) is 37.8 Å². The zero-order chi connectivity index (χ0) is 43.1. The Labute approximate surface area is 346 Å². The van der Waals surface area contributed by atoms with Gasteiger partial charge in [0.15, 0.2) is 0 Å². The Bertz CT molecular complexity index is 2080. The molecule has 2 aliphatic heterocycles. The number of sulfonamides is 1. The number of amides is 4. The van der Waals surface area contributed by atoms with Gasteiger partial charge in [0.1, 0.15) is 41.8 Å². The first kappa shape index (κ1) is 43.9. The van der Waals surface area contributed by atoms with Crippen molar-refractivity contribution in [1.29, 1.82) is 0 Å². The number of rotatable bonds is 11. The second kappa shape index (κ2) is 16.8. The highest BCUT2D eigenvalue weighted by atomic mass is 32.2. The van der Waals surface area contributed by atoms with Crippen LogP contribution >= 0.6 is 0 Å². The molecule has 0 radical (unpaired) electrons. The minimum atomic E-state index is -4.03. The third kappa shape index (κ3) is 9.10. The zero-order valence-corrected chi connectivity index (χ0v) is 36.1. The van der Waals surface area contributed by atoms with Gasteiger partial charge in [-0.15, -0.1) is 0 Å². The van der Waals surface area contributed by atoms with Gasteiger partial charge in [-0.2, -0.15) is 0 Å². The summed E-state index contributed by atoms with van der Waals surface area (Å²) in [5, 5.41) is 14.8. The van der Waals surface area contributed by atoms with Crippen molar-refractivity contribution in [2.45, 2.75) is 121 Å². The molecule has 0 bridgehead atoms. The van der Waals surface area contributed by atoms with Crippen molar-refractivity contribution in [3.05, 3.63) is 36.5 Å². The van der Waals surface area contributed by atoms with Gasteiger partial charge in [0.2, 0.25) is 27.7 Å². The fourth-order valence-electron chi connectivity index (χ4n) is 8.46. The van der Waals surface area contributed by atoms with Crippen LogP contribution in [0.4, 0.5) is 4.79 Å². The van der Waals surface area contributed by atoms with Gasteiger partial charge in [0.25, 0.3) is 5.91 Å². The average molecular weight is 842 g/mol. The minimum absolute atomic E-state index is 0.0301. The van der Waals surface area contributed by atoms with E-state index in [1.807, 2.05) is 19.1 Å². The van der Waals surface area contributed by atoms with E-state index in [2.05, 4.69) is 21.9 Å². The first-order chi connectivity index (χ1) is 27.7. The summed E-state index contributed by atoms with van der Waals surface area (Å²) in [5.74, 6) is -1.67. The van der Waals surface area contributed by atoms with Crippen molar-refractivity contribution in [3.8, 4) is 17.4 Å². The van der Waals surface area contributed by atoms with Crippen molar-refractivity contribution in [2.24, 2.45) is 17.8 Å². The number of aromatic nitrogens is 1. The van der Waals surface area contributed by atoms with Crippen LogP contribution in [0.1, 0.15) is 86.5 Å². The maximum Gasteiger partial charge on any atom is 0.408 e. The van der Waals surface area contributed by atoms with Gasteiger partial charge in [0, 0.05) is 35.8 Å². The van der Waals surface area contributed by atoms with E-state index in [0.29, 0.717) is 54.6 Å². The summed E-state index contributed by atoms with van der Waals surface area (Å²) < 4.78 is 50.8. The van der Waals surface area contributed by atoms with Crippen molar-refractivity contribution in [2.75, 3.05) is 34.0 Å². The molecule has 324 valence electrons. The maximum atomic E-state index is 15.1. The summed E-state index contributed by atoms with van der Waals surface area (Å²) in [6, 6.07) is 2.93. The summed E-state index contributed by atoms with van der Waals surface area (Å²) in [5.41, 5.74) is -2.57. The Balaban J connectivity index is 1.39. The molecule has 6 rings (SSSR count). The molecule has 2 aromatic rings. The molecule has 0 unspecified atom stereocenters. The molecule has 3 heterocycles. The van der Waals surface area contributed by atoms with Crippen molar-refractivity contribution < 1.29 is 51.6 Å². The Hall–Kier alpha value is -4.64. The van der Waals surface area contributed by atoms with Crippen molar-refractivity contribution >= 4 is 44.6 Å². The van der Waals surface area contributed by atoms with Crippen LogP contribution in [-0.4, -0.2) is 120 Å². The number of nitrogens with one attached hydrogen (secondary N) is 2. The summed E-state index contributed by atoms with van der Waals surface area (Å²) in [6.07, 6.45) is 6.09. The fraction of sp³-hybridized carbons (Fsp3) is 0.643. The Morgan fingerprint density at radius 2 is 1.83 bits per heavy atom. The van der Waals surface area contributed by atoms with Crippen LogP contribution in [0.15, 0.2) is 36.5 Å². The van der Waals surface area contributed by atoms with E-state index in [4.69, 9.17) is 18.9 Å². The third-order valence-electron chi connectivity index (χ3n) is 12.3. The van der Waals surface area contributed by atoms with Crippen LogP contribution in [0.5, 0.6) is 17.4 Å². The van der Waals surface area contributed by atoms with Crippen LogP contribution < -0.4 is 24.2 Å². The molecule has 7 atom stereocenters. The molecule has 1 saturated heterocycles. The average Bonchev–Trinajstić information content (AvgIpc) is 4.05. The van der Waals surface area contributed by atoms with E-state index in [0.717, 1.165) is 6.42 Å². The second-order valence-electron chi connectivity index (χ2n) is 17.9. The standard InChI is InChI=1S/C42H59N5O11S/c1-25-11-9-10-12-27-22-42(27,38(50)45-59(53,54)41(6)15-16-41)44-35(48)32-21-29(24-46(32)37(49)34(26(2)19-25)47(39(51)52)40(3,4)5)58-36-30-14-13-28(56-8)20-31(30)33(23-43-36)57-18-17-55-7/h10,12-14,20,23,25-27,29,32,34H,9,11,15-19,21-22,24H2,1-8H3,(H,44,48)(H,45,50)(H,51,52)/b12-10-/t25-,26-,27-,29-,32+,34+,42-/m1/s1. The zero-order valence-electron chi connectivity index (χ0n) is 35.3. The Morgan fingerprint density at radius 1 is 1.10 bits per heavy atom. The van der Waals surface area contributed by atoms with Crippen molar-refractivity contribution in [1.82, 2.24) is 24.8 Å². The van der Waals surface area contributed by atoms with Crippen LogP contribution in [0.3, 0.4) is 0 Å². The lowest BCUT2D eigenvalue weighted by Gasteiger charge is -2.43. The summed E-state index contributed by atoms with van der Waals surface area (Å²) in [7, 11) is -0.917. The molecule has 1 aromatic carbocycles. The van der Waals surface area contributed by atoms with Crippen LogP contribution in [0, 0.1) is 17.8 Å². The van der Waals surface area contributed by atoms with Gasteiger partial charge >= 0.3 is 6.09 Å². The summed E-state index contributed by atoms with van der Waals surface area (Å²) in [4.78, 5) is 64.0. The number of methoxy groups -OCH3 is 2. The van der Waals surface area contributed by atoms with E-state index in [1.165, 1.54) is 16.0 Å². The number of benzene rings is 1. The number of carbonyl (C=O) groups excluding carboxylic acids is 3. The second-order valence-corrected chi connectivity index (χ2v) is 20.1. The molecule has 17 heteroatoms. The van der Waals surface area contributed by atoms with Crippen molar-refractivity contribution in [3.63, 3.8) is 0 Å². The number of carbonyl (C=O) groups is 4. The Morgan fingerprint density at radius 3 is 2.47 bits per heavy atom. The summed E-state index contributed by atoms with van der Waals surface area (Å²) >= 11 is 0. The highest BCUT2D eigenvalue weighted by Gasteiger charge is 2.63. The lowest BCUT2D eigenvalue weighted by Crippen LogP contribution is -2.62. The molecule has 2 aliphatic carbocycles. The molecule has 2 saturated carbocycles. The van der Waals surface area contributed by atoms with Gasteiger partial charge in [-0.05, 0) is 96.3 Å². The Kier molecular flexibility index (Phi) is 12.5. The number of pyridine rings is 1. The molecule has 1 aromatic heterocycles. The molecular weight excluding hydrogens is 783 g/mol. The molecule has 0 spiro atoms. The number of ether oxygens (including phenoxy) is 4. The lowest BCUT2D eigenvalue weighted by molar-refractivity contribution is -0.146. The number of nitrogens with zero attached hydrogens (tertiary/aromatic N) is 3. The van der Waals surface area contributed by atoms with Crippen LogP contribution in [-0.2, 0) is 29.1 Å². The smallest absolute Gasteiger partial charge is 0.408 e. The van der Waals surface area contributed by atoms with Gasteiger partial charge in [-0.25, -0.2) is 18.2 Å². The predicted molar refractivity (Wildman–Crippen MR) is 219 cm³/mol. The topological polar surface area (TPSA) is 203 Å². The summed E-state index contributed by atoms with van der Waals surface area (Å²) in [6.45, 7) is 11.2. The van der Waals surface area contributed by atoms with Gasteiger partial charge in [-0.3, -0.25) is 24.0 Å². The molecule has 16 nitrogen and oxygen atoms in total. The lowest BCUT2D eigenvalue weighted by atomic mass is 9.85. The molecular formula is C42H59N5O11S. The number of allylic oxidation sites excluding steroid dienone is 1. The van der Waals surface area contributed by atoms with E-state index >= 15 is 4.79 Å². The van der Waals surface area contributed by atoms with E-state index in [9.17, 15) is 27.9 Å². The van der Waals surface area contributed by atoms with Gasteiger partial charge < -0.3 is 34.3 Å². The quantitative estimate of drug-likeness (QED) is 0.209. The van der Waals surface area contributed by atoms with E-state index < -0.39 is 79.7 Å². The van der Waals surface area contributed by atoms with Gasteiger partial charge in [-0.1, -0.05) is 26.0 Å². The largest absolute Gasteiger partial charge is 0.497 e. The normalized spacial score (nSPS) is 28.8. The number of hydrogen-bond donors (Lipinski definition) is 3. The number of hydrogen-bond acceptors (Lipinski definition) is 11. The van der Waals surface area contributed by atoms with Crippen LogP contribution in [0.2, 0.25) is 0 Å². The highest BCUT2D eigenvalue weighted by Crippen LogP contribution is 2.48. The SMILES string of the molecule is COCCOc1cnc(O[C@@H]2C[C@H]3C(=O)N[C@]4(C(=O)NS(=O)(=O)C5(C)CC5)C[C@H]4/C=C\CC[C@@H](C)C[C@@H](C)[C@H](N(C(=O)O)C(C)(C)C)C(=O)N3C2)c2ccc(OC)cc12. The van der Waals surface area contributed by atoms with Crippen LogP contribution in [0.25, 0.3) is 10.8 Å². The first-order valence-electron chi connectivity index (χ1n) is 20.4. The number of fused-ring (bicyclic) bond motifs is 3. The predicted octanol–water partition coefficient (Wildman–Crippen LogP) is 4.65.